The van der Waals surface area contributed by atoms with Crippen molar-refractivity contribution in [3.63, 3.8) is 0 Å². The number of anilines is 2. The number of carbonyl (C=O) groups is 1. The summed E-state index contributed by atoms with van der Waals surface area (Å²) in [5.74, 6) is 0.160. The van der Waals surface area contributed by atoms with E-state index in [-0.39, 0.29) is 17.2 Å². The number of hydrogen-bond donors (Lipinski definition) is 1. The van der Waals surface area contributed by atoms with Crippen LogP contribution >= 0.6 is 0 Å². The number of nitro groups is 1. The number of nitrogens with zero attached hydrogens (tertiary/aromatic N) is 2. The third kappa shape index (κ3) is 4.45. The van der Waals surface area contributed by atoms with Crippen molar-refractivity contribution in [1.29, 1.82) is 0 Å². The Morgan fingerprint density at radius 3 is 2.52 bits per heavy atom. The first kappa shape index (κ1) is 18.9. The molecule has 2 aromatic carbocycles. The zero-order valence-electron chi connectivity index (χ0n) is 16.0. The summed E-state index contributed by atoms with van der Waals surface area (Å²) in [6.45, 7) is 7.68. The summed E-state index contributed by atoms with van der Waals surface area (Å²) in [6.07, 6.45) is 2.16. The standard InChI is InChI=1S/C21H25N3O3/c1-14-5-4-8-23(13-14)19-7-6-17(12-20(19)24(26)27)21(25)22-18-10-15(2)9-16(3)11-18/h6-7,9-12,14H,4-5,8,13H2,1-3H3,(H,22,25)/t14-/m1/s1. The number of aryl methyl sites for hydroxylation is 2. The Labute approximate surface area is 159 Å². The highest BCUT2D eigenvalue weighted by Crippen LogP contribution is 2.32. The van der Waals surface area contributed by atoms with Crippen molar-refractivity contribution in [3.05, 3.63) is 63.2 Å². The van der Waals surface area contributed by atoms with E-state index in [4.69, 9.17) is 0 Å². The Morgan fingerprint density at radius 2 is 1.89 bits per heavy atom. The van der Waals surface area contributed by atoms with Crippen LogP contribution in [0.5, 0.6) is 0 Å². The summed E-state index contributed by atoms with van der Waals surface area (Å²) in [5.41, 5.74) is 3.65. The second-order valence-electron chi connectivity index (χ2n) is 7.48. The first-order chi connectivity index (χ1) is 12.8. The Bertz CT molecular complexity index is 859. The van der Waals surface area contributed by atoms with E-state index in [0.29, 0.717) is 17.3 Å². The highest BCUT2D eigenvalue weighted by Gasteiger charge is 2.25. The van der Waals surface area contributed by atoms with Gasteiger partial charge >= 0.3 is 0 Å². The number of nitro benzene ring substituents is 1. The van der Waals surface area contributed by atoms with Crippen LogP contribution in [0.15, 0.2) is 36.4 Å². The SMILES string of the molecule is Cc1cc(C)cc(NC(=O)c2ccc(N3CCC[C@@H](C)C3)c([N+](=O)[O-])c2)c1. The van der Waals surface area contributed by atoms with E-state index in [0.717, 1.165) is 37.1 Å². The maximum atomic E-state index is 12.6. The number of carbonyl (C=O) groups excluding carboxylic acids is 1. The van der Waals surface area contributed by atoms with Crippen LogP contribution in [0.2, 0.25) is 0 Å². The fraction of sp³-hybridized carbons (Fsp3) is 0.381. The lowest BCUT2D eigenvalue weighted by Crippen LogP contribution is -2.34. The summed E-state index contributed by atoms with van der Waals surface area (Å²) < 4.78 is 0. The molecule has 6 nitrogen and oxygen atoms in total. The van der Waals surface area contributed by atoms with Crippen molar-refractivity contribution in [2.24, 2.45) is 5.92 Å². The van der Waals surface area contributed by atoms with E-state index >= 15 is 0 Å². The van der Waals surface area contributed by atoms with Crippen molar-refractivity contribution in [2.45, 2.75) is 33.6 Å². The maximum absolute atomic E-state index is 12.6. The molecule has 0 aliphatic carbocycles. The van der Waals surface area contributed by atoms with Gasteiger partial charge in [0.15, 0.2) is 0 Å². The van der Waals surface area contributed by atoms with Crippen LogP contribution < -0.4 is 10.2 Å². The normalized spacial score (nSPS) is 16.9. The summed E-state index contributed by atoms with van der Waals surface area (Å²) in [5, 5.41) is 14.5. The van der Waals surface area contributed by atoms with Gasteiger partial charge in [0.05, 0.1) is 4.92 Å². The zero-order valence-corrected chi connectivity index (χ0v) is 16.0. The van der Waals surface area contributed by atoms with Crippen LogP contribution in [0, 0.1) is 29.9 Å². The summed E-state index contributed by atoms with van der Waals surface area (Å²) in [6, 6.07) is 10.5. The smallest absolute Gasteiger partial charge is 0.293 e. The van der Waals surface area contributed by atoms with Crippen LogP contribution in [-0.2, 0) is 0 Å². The highest BCUT2D eigenvalue weighted by atomic mass is 16.6. The minimum Gasteiger partial charge on any atom is -0.366 e. The largest absolute Gasteiger partial charge is 0.366 e. The number of piperidine rings is 1. The topological polar surface area (TPSA) is 75.5 Å². The predicted octanol–water partition coefficient (Wildman–Crippen LogP) is 4.70. The Hall–Kier alpha value is -2.89. The van der Waals surface area contributed by atoms with E-state index in [1.54, 1.807) is 12.1 Å². The second kappa shape index (κ2) is 7.78. The minimum absolute atomic E-state index is 0.0165. The average Bonchev–Trinajstić information content (AvgIpc) is 2.60. The van der Waals surface area contributed by atoms with Gasteiger partial charge in [0.1, 0.15) is 5.69 Å². The molecule has 142 valence electrons. The molecule has 3 rings (SSSR count). The van der Waals surface area contributed by atoms with E-state index in [1.165, 1.54) is 6.07 Å². The molecule has 1 fully saturated rings. The van der Waals surface area contributed by atoms with Gasteiger partial charge in [-0.2, -0.15) is 0 Å². The molecular weight excluding hydrogens is 342 g/mol. The molecule has 1 amide bonds. The van der Waals surface area contributed by atoms with Gasteiger partial charge in [-0.15, -0.1) is 0 Å². The van der Waals surface area contributed by atoms with Crippen LogP contribution in [0.1, 0.15) is 41.3 Å². The van der Waals surface area contributed by atoms with Gasteiger partial charge in [-0.3, -0.25) is 14.9 Å². The summed E-state index contributed by atoms with van der Waals surface area (Å²) >= 11 is 0. The number of nitrogens with one attached hydrogen (secondary N) is 1. The molecule has 1 N–H and O–H groups in total. The van der Waals surface area contributed by atoms with Crippen molar-refractivity contribution in [2.75, 3.05) is 23.3 Å². The Morgan fingerprint density at radius 1 is 1.19 bits per heavy atom. The van der Waals surface area contributed by atoms with Gasteiger partial charge < -0.3 is 10.2 Å². The number of amides is 1. The van der Waals surface area contributed by atoms with Crippen molar-refractivity contribution >= 4 is 23.0 Å². The molecule has 0 spiro atoms. The monoisotopic (exact) mass is 367 g/mol. The van der Waals surface area contributed by atoms with Crippen LogP contribution in [0.4, 0.5) is 17.1 Å². The van der Waals surface area contributed by atoms with Crippen molar-refractivity contribution in [3.8, 4) is 0 Å². The molecule has 0 unspecified atom stereocenters. The first-order valence-electron chi connectivity index (χ1n) is 9.26. The molecular formula is C21H25N3O3. The summed E-state index contributed by atoms with van der Waals surface area (Å²) in [4.78, 5) is 25.9. The summed E-state index contributed by atoms with van der Waals surface area (Å²) in [7, 11) is 0. The molecule has 1 atom stereocenters. The maximum Gasteiger partial charge on any atom is 0.293 e. The third-order valence-electron chi connectivity index (χ3n) is 4.91. The fourth-order valence-corrected chi connectivity index (χ4v) is 3.74. The third-order valence-corrected chi connectivity index (χ3v) is 4.91. The van der Waals surface area contributed by atoms with E-state index < -0.39 is 4.92 Å². The van der Waals surface area contributed by atoms with Gasteiger partial charge in [0, 0.05) is 30.4 Å². The van der Waals surface area contributed by atoms with Gasteiger partial charge in [-0.25, -0.2) is 0 Å². The Balaban J connectivity index is 1.86. The zero-order chi connectivity index (χ0) is 19.6. The molecule has 6 heteroatoms. The lowest BCUT2D eigenvalue weighted by atomic mass is 9.99. The molecule has 2 aromatic rings. The first-order valence-corrected chi connectivity index (χ1v) is 9.26. The molecule has 27 heavy (non-hydrogen) atoms. The Kier molecular flexibility index (Phi) is 5.44. The number of rotatable bonds is 4. The van der Waals surface area contributed by atoms with Gasteiger partial charge in [0.25, 0.3) is 11.6 Å². The lowest BCUT2D eigenvalue weighted by molar-refractivity contribution is -0.384. The molecule has 0 radical (unpaired) electrons. The number of benzene rings is 2. The minimum atomic E-state index is -0.401. The van der Waals surface area contributed by atoms with Gasteiger partial charge in [-0.05, 0) is 68.0 Å². The molecule has 0 saturated carbocycles. The van der Waals surface area contributed by atoms with Crippen LogP contribution in [0.3, 0.4) is 0 Å². The number of hydrogen-bond acceptors (Lipinski definition) is 4. The molecule has 0 aromatic heterocycles. The van der Waals surface area contributed by atoms with E-state index in [9.17, 15) is 14.9 Å². The fourth-order valence-electron chi connectivity index (χ4n) is 3.74. The quantitative estimate of drug-likeness (QED) is 0.628. The van der Waals surface area contributed by atoms with E-state index in [2.05, 4.69) is 17.1 Å². The predicted molar refractivity (Wildman–Crippen MR) is 108 cm³/mol. The molecule has 1 heterocycles. The van der Waals surface area contributed by atoms with Gasteiger partial charge in [-0.1, -0.05) is 13.0 Å². The van der Waals surface area contributed by atoms with Gasteiger partial charge in [0.2, 0.25) is 0 Å². The highest BCUT2D eigenvalue weighted by molar-refractivity contribution is 6.05. The molecule has 0 bridgehead atoms. The lowest BCUT2D eigenvalue weighted by Gasteiger charge is -2.32. The van der Waals surface area contributed by atoms with Crippen LogP contribution in [0.25, 0.3) is 0 Å². The average molecular weight is 367 g/mol. The molecule has 1 aliphatic rings. The molecule has 1 saturated heterocycles. The van der Waals surface area contributed by atoms with E-state index in [1.807, 2.05) is 32.0 Å². The second-order valence-corrected chi connectivity index (χ2v) is 7.48. The molecule has 1 aliphatic heterocycles. The van der Waals surface area contributed by atoms with Crippen molar-refractivity contribution in [1.82, 2.24) is 0 Å². The van der Waals surface area contributed by atoms with Crippen molar-refractivity contribution < 1.29 is 9.72 Å². The van der Waals surface area contributed by atoms with Crippen LogP contribution in [-0.4, -0.2) is 23.9 Å².